The number of para-hydroxylation sites is 2. The van der Waals surface area contributed by atoms with Crippen molar-refractivity contribution in [3.05, 3.63) is 40.3 Å². The van der Waals surface area contributed by atoms with E-state index in [4.69, 9.17) is 15.2 Å². The van der Waals surface area contributed by atoms with Gasteiger partial charge in [0.1, 0.15) is 10.8 Å². The molecule has 1 unspecified atom stereocenters. The van der Waals surface area contributed by atoms with E-state index in [1.807, 2.05) is 12.1 Å². The van der Waals surface area contributed by atoms with Gasteiger partial charge in [-0.3, -0.25) is 4.79 Å². The number of carbonyl (C=O) groups is 2. The van der Waals surface area contributed by atoms with Crippen molar-refractivity contribution < 1.29 is 19.1 Å². The number of hydrogen-bond acceptors (Lipinski definition) is 6. The van der Waals surface area contributed by atoms with Gasteiger partial charge >= 0.3 is 5.97 Å². The number of esters is 1. The fourth-order valence-electron chi connectivity index (χ4n) is 3.47. The number of rotatable bonds is 8. The zero-order chi connectivity index (χ0) is 20.8. The summed E-state index contributed by atoms with van der Waals surface area (Å²) >= 11 is 1.51. The van der Waals surface area contributed by atoms with Gasteiger partial charge in [-0.15, -0.1) is 11.3 Å². The number of hydrogen-bond donors (Lipinski definition) is 2. The summed E-state index contributed by atoms with van der Waals surface area (Å²) in [5.74, 6) is 0.726. The molecule has 29 heavy (non-hydrogen) atoms. The topological polar surface area (TPSA) is 90.6 Å². The molecule has 1 atom stereocenters. The molecule has 1 aliphatic rings. The van der Waals surface area contributed by atoms with Crippen LogP contribution in [0.4, 0.5) is 10.7 Å². The zero-order valence-electron chi connectivity index (χ0n) is 17.0. The Morgan fingerprint density at radius 3 is 2.86 bits per heavy atom. The van der Waals surface area contributed by atoms with E-state index in [9.17, 15) is 9.59 Å². The molecule has 0 spiro atoms. The highest BCUT2D eigenvalue weighted by Crippen LogP contribution is 2.40. The van der Waals surface area contributed by atoms with Gasteiger partial charge in [0.25, 0.3) is 0 Å². The molecule has 1 aliphatic carbocycles. The smallest absolute Gasteiger partial charge is 0.341 e. The minimum absolute atomic E-state index is 0.133. The maximum atomic E-state index is 12.5. The highest BCUT2D eigenvalue weighted by atomic mass is 32.1. The summed E-state index contributed by atoms with van der Waals surface area (Å²) in [4.78, 5) is 26.2. The van der Waals surface area contributed by atoms with E-state index in [1.54, 1.807) is 19.1 Å². The Morgan fingerprint density at radius 1 is 1.31 bits per heavy atom. The van der Waals surface area contributed by atoms with Crippen LogP contribution in [-0.2, 0) is 22.4 Å². The number of benzene rings is 1. The predicted molar refractivity (Wildman–Crippen MR) is 116 cm³/mol. The maximum absolute atomic E-state index is 12.5. The molecule has 7 heteroatoms. The Labute approximate surface area is 175 Å². The second kappa shape index (κ2) is 9.78. The van der Waals surface area contributed by atoms with Gasteiger partial charge < -0.3 is 20.5 Å². The third-order valence-corrected chi connectivity index (χ3v) is 6.14. The molecular formula is C22H28N2O4S. The number of nitrogens with two attached hydrogens (primary N) is 1. The third kappa shape index (κ3) is 5.29. The Hall–Kier alpha value is -2.54. The van der Waals surface area contributed by atoms with E-state index in [2.05, 4.69) is 12.2 Å². The lowest BCUT2D eigenvalue weighted by Crippen LogP contribution is -2.17. The van der Waals surface area contributed by atoms with E-state index in [1.165, 1.54) is 16.2 Å². The molecule has 2 aromatic rings. The standard InChI is InChI=1S/C22H28N2O4S/c1-3-27-22(26)20-15-11-10-14(2)13-18(15)29-21(20)24-19(25)9-6-12-28-17-8-5-4-7-16(17)23/h4-5,7-8,14H,3,6,9-13,23H2,1-2H3,(H,24,25). The molecule has 1 aromatic carbocycles. The first-order valence-electron chi connectivity index (χ1n) is 10.1. The summed E-state index contributed by atoms with van der Waals surface area (Å²) < 4.78 is 10.9. The van der Waals surface area contributed by atoms with Crippen LogP contribution in [0.3, 0.4) is 0 Å². The van der Waals surface area contributed by atoms with Gasteiger partial charge in [-0.2, -0.15) is 0 Å². The fourth-order valence-corrected chi connectivity index (χ4v) is 4.89. The Kier molecular flexibility index (Phi) is 7.14. The minimum atomic E-state index is -0.349. The van der Waals surface area contributed by atoms with E-state index in [-0.39, 0.29) is 11.9 Å². The number of ether oxygens (including phenoxy) is 2. The summed E-state index contributed by atoms with van der Waals surface area (Å²) in [7, 11) is 0. The molecule has 0 radical (unpaired) electrons. The highest BCUT2D eigenvalue weighted by Gasteiger charge is 2.29. The number of thiophene rings is 1. The summed E-state index contributed by atoms with van der Waals surface area (Å²) in [5.41, 5.74) is 8.01. The molecule has 3 N–H and O–H groups in total. The van der Waals surface area contributed by atoms with Crippen molar-refractivity contribution in [2.75, 3.05) is 24.3 Å². The van der Waals surface area contributed by atoms with Gasteiger partial charge in [0, 0.05) is 11.3 Å². The molecule has 3 rings (SSSR count). The van der Waals surface area contributed by atoms with Crippen molar-refractivity contribution in [2.24, 2.45) is 5.92 Å². The van der Waals surface area contributed by atoms with Crippen molar-refractivity contribution in [3.63, 3.8) is 0 Å². The molecule has 0 bridgehead atoms. The Bertz CT molecular complexity index is 878. The lowest BCUT2D eigenvalue weighted by Gasteiger charge is -2.18. The summed E-state index contributed by atoms with van der Waals surface area (Å²) in [6, 6.07) is 7.28. The quantitative estimate of drug-likeness (QED) is 0.377. The van der Waals surface area contributed by atoms with E-state index >= 15 is 0 Å². The minimum Gasteiger partial charge on any atom is -0.491 e. The van der Waals surface area contributed by atoms with Crippen molar-refractivity contribution in [2.45, 2.75) is 46.0 Å². The average Bonchev–Trinajstić information content (AvgIpc) is 3.03. The first kappa shape index (κ1) is 21.2. The number of nitrogens with one attached hydrogen (secondary N) is 1. The molecule has 6 nitrogen and oxygen atoms in total. The molecule has 0 aliphatic heterocycles. The highest BCUT2D eigenvalue weighted by molar-refractivity contribution is 7.17. The van der Waals surface area contributed by atoms with Crippen LogP contribution in [0.25, 0.3) is 0 Å². The summed E-state index contributed by atoms with van der Waals surface area (Å²) in [6.07, 6.45) is 3.69. The molecule has 1 heterocycles. The van der Waals surface area contributed by atoms with Gasteiger partial charge in [0.05, 0.1) is 24.5 Å². The summed E-state index contributed by atoms with van der Waals surface area (Å²) in [6.45, 7) is 4.71. The van der Waals surface area contributed by atoms with Crippen LogP contribution in [0.5, 0.6) is 5.75 Å². The van der Waals surface area contributed by atoms with E-state index in [0.717, 1.165) is 24.8 Å². The average molecular weight is 417 g/mol. The van der Waals surface area contributed by atoms with Crippen LogP contribution in [0.15, 0.2) is 24.3 Å². The van der Waals surface area contributed by atoms with Crippen LogP contribution in [0.2, 0.25) is 0 Å². The van der Waals surface area contributed by atoms with Gasteiger partial charge in [0.15, 0.2) is 0 Å². The normalized spacial score (nSPS) is 15.4. The number of carbonyl (C=O) groups excluding carboxylic acids is 2. The van der Waals surface area contributed by atoms with Crippen molar-refractivity contribution in [3.8, 4) is 5.75 Å². The Balaban J connectivity index is 1.60. The largest absolute Gasteiger partial charge is 0.491 e. The first-order valence-corrected chi connectivity index (χ1v) is 10.9. The second-order valence-electron chi connectivity index (χ2n) is 7.31. The predicted octanol–water partition coefficient (Wildman–Crippen LogP) is 4.43. The van der Waals surface area contributed by atoms with Crippen LogP contribution >= 0.6 is 11.3 Å². The van der Waals surface area contributed by atoms with E-state index < -0.39 is 0 Å². The van der Waals surface area contributed by atoms with Gasteiger partial charge in [-0.1, -0.05) is 19.1 Å². The van der Waals surface area contributed by atoms with Crippen molar-refractivity contribution >= 4 is 33.9 Å². The van der Waals surface area contributed by atoms with Gasteiger partial charge in [-0.05, 0) is 56.2 Å². The van der Waals surface area contributed by atoms with Gasteiger partial charge in [-0.25, -0.2) is 4.79 Å². The van der Waals surface area contributed by atoms with Crippen LogP contribution < -0.4 is 15.8 Å². The number of nitrogen functional groups attached to an aromatic ring is 1. The second-order valence-corrected chi connectivity index (χ2v) is 8.42. The lowest BCUT2D eigenvalue weighted by molar-refractivity contribution is -0.116. The van der Waals surface area contributed by atoms with Crippen molar-refractivity contribution in [1.82, 2.24) is 0 Å². The molecule has 156 valence electrons. The monoisotopic (exact) mass is 416 g/mol. The number of amides is 1. The van der Waals surface area contributed by atoms with E-state index in [0.29, 0.717) is 54.0 Å². The lowest BCUT2D eigenvalue weighted by atomic mass is 9.88. The zero-order valence-corrected chi connectivity index (χ0v) is 17.8. The summed E-state index contributed by atoms with van der Waals surface area (Å²) in [5, 5.41) is 3.54. The maximum Gasteiger partial charge on any atom is 0.341 e. The molecule has 1 aromatic heterocycles. The fraction of sp³-hybridized carbons (Fsp3) is 0.455. The van der Waals surface area contributed by atoms with Crippen LogP contribution in [0.1, 0.15) is 53.9 Å². The number of fused-ring (bicyclic) bond motifs is 1. The van der Waals surface area contributed by atoms with Crippen LogP contribution in [0, 0.1) is 5.92 Å². The SMILES string of the molecule is CCOC(=O)c1c(NC(=O)CCCOc2ccccc2N)sc2c1CCC(C)C2. The Morgan fingerprint density at radius 2 is 2.10 bits per heavy atom. The van der Waals surface area contributed by atoms with Crippen molar-refractivity contribution in [1.29, 1.82) is 0 Å². The first-order chi connectivity index (χ1) is 14.0. The molecule has 0 saturated heterocycles. The van der Waals surface area contributed by atoms with Gasteiger partial charge in [0.2, 0.25) is 5.91 Å². The number of anilines is 2. The van der Waals surface area contributed by atoms with Crippen LogP contribution in [-0.4, -0.2) is 25.1 Å². The molecule has 0 saturated carbocycles. The third-order valence-electron chi connectivity index (χ3n) is 4.97. The molecule has 0 fully saturated rings. The molecular weight excluding hydrogens is 388 g/mol. The molecule has 1 amide bonds.